The van der Waals surface area contributed by atoms with Crippen LogP contribution in [0.5, 0.6) is 0 Å². The molecule has 2 atom stereocenters. The number of carbonyl (C=O) groups excluding carboxylic acids is 1. The Morgan fingerprint density at radius 2 is 2.00 bits per heavy atom. The van der Waals surface area contributed by atoms with Gasteiger partial charge in [-0.25, -0.2) is 0 Å². The van der Waals surface area contributed by atoms with Gasteiger partial charge >= 0.3 is 5.97 Å². The lowest BCUT2D eigenvalue weighted by molar-refractivity contribution is -0.142. The van der Waals surface area contributed by atoms with Gasteiger partial charge in [0.25, 0.3) is 0 Å². The quantitative estimate of drug-likeness (QED) is 0.605. The van der Waals surface area contributed by atoms with Crippen molar-refractivity contribution in [2.24, 2.45) is 0 Å². The predicted molar refractivity (Wildman–Crippen MR) is 46.0 cm³/mol. The van der Waals surface area contributed by atoms with Crippen molar-refractivity contribution in [3.05, 3.63) is 0 Å². The SMILES string of the molecule is COCC(C)NC(C)C(=O)OC. The first-order valence-electron chi connectivity index (χ1n) is 3.94. The van der Waals surface area contributed by atoms with Gasteiger partial charge < -0.3 is 9.47 Å². The van der Waals surface area contributed by atoms with Crippen LogP contribution >= 0.6 is 0 Å². The highest BCUT2D eigenvalue weighted by Crippen LogP contribution is 1.90. The van der Waals surface area contributed by atoms with E-state index in [0.29, 0.717) is 6.61 Å². The average Bonchev–Trinajstić information content (AvgIpc) is 2.03. The molecule has 0 aliphatic heterocycles. The molecule has 0 radical (unpaired) electrons. The molecule has 4 nitrogen and oxygen atoms in total. The van der Waals surface area contributed by atoms with Crippen LogP contribution in [-0.2, 0) is 14.3 Å². The summed E-state index contributed by atoms with van der Waals surface area (Å²) in [5.41, 5.74) is 0. The Balaban J connectivity index is 3.67. The van der Waals surface area contributed by atoms with E-state index in [4.69, 9.17) is 4.74 Å². The lowest BCUT2D eigenvalue weighted by Gasteiger charge is -2.17. The fourth-order valence-corrected chi connectivity index (χ4v) is 0.970. The fraction of sp³-hybridized carbons (Fsp3) is 0.875. The highest BCUT2D eigenvalue weighted by atomic mass is 16.5. The minimum absolute atomic E-state index is 0.157. The Hall–Kier alpha value is -0.610. The van der Waals surface area contributed by atoms with Crippen molar-refractivity contribution < 1.29 is 14.3 Å². The van der Waals surface area contributed by atoms with Gasteiger partial charge in [-0.2, -0.15) is 0 Å². The molecular weight excluding hydrogens is 158 g/mol. The first-order valence-corrected chi connectivity index (χ1v) is 3.94. The molecule has 4 heteroatoms. The van der Waals surface area contributed by atoms with Crippen molar-refractivity contribution in [2.75, 3.05) is 20.8 Å². The van der Waals surface area contributed by atoms with Crippen molar-refractivity contribution >= 4 is 5.97 Å². The van der Waals surface area contributed by atoms with Gasteiger partial charge in [0.15, 0.2) is 0 Å². The second kappa shape index (κ2) is 5.97. The number of hydrogen-bond acceptors (Lipinski definition) is 4. The van der Waals surface area contributed by atoms with Gasteiger partial charge in [0.1, 0.15) is 6.04 Å². The molecule has 0 aromatic carbocycles. The van der Waals surface area contributed by atoms with Crippen LogP contribution in [-0.4, -0.2) is 38.9 Å². The molecule has 0 saturated heterocycles. The van der Waals surface area contributed by atoms with Gasteiger partial charge in [-0.15, -0.1) is 0 Å². The zero-order chi connectivity index (χ0) is 9.56. The van der Waals surface area contributed by atoms with Gasteiger partial charge in [-0.05, 0) is 13.8 Å². The average molecular weight is 175 g/mol. The summed E-state index contributed by atoms with van der Waals surface area (Å²) in [6, 6.07) is -0.121. The Morgan fingerprint density at radius 1 is 1.42 bits per heavy atom. The third kappa shape index (κ3) is 4.31. The molecule has 0 saturated carbocycles. The molecule has 0 aromatic rings. The smallest absolute Gasteiger partial charge is 0.322 e. The van der Waals surface area contributed by atoms with Crippen LogP contribution in [0.3, 0.4) is 0 Å². The second-order valence-corrected chi connectivity index (χ2v) is 2.77. The topological polar surface area (TPSA) is 47.6 Å². The zero-order valence-electron chi connectivity index (χ0n) is 8.09. The van der Waals surface area contributed by atoms with E-state index in [1.807, 2.05) is 6.92 Å². The van der Waals surface area contributed by atoms with Crippen molar-refractivity contribution in [1.29, 1.82) is 0 Å². The minimum Gasteiger partial charge on any atom is -0.468 e. The lowest BCUT2D eigenvalue weighted by Crippen LogP contribution is -2.42. The number of carbonyl (C=O) groups is 1. The number of rotatable bonds is 5. The van der Waals surface area contributed by atoms with Gasteiger partial charge in [-0.1, -0.05) is 0 Å². The van der Waals surface area contributed by atoms with E-state index in [1.54, 1.807) is 14.0 Å². The lowest BCUT2D eigenvalue weighted by atomic mass is 10.3. The molecule has 2 unspecified atom stereocenters. The zero-order valence-corrected chi connectivity index (χ0v) is 8.09. The van der Waals surface area contributed by atoms with Crippen molar-refractivity contribution in [3.63, 3.8) is 0 Å². The first kappa shape index (κ1) is 11.4. The van der Waals surface area contributed by atoms with E-state index in [2.05, 4.69) is 10.1 Å². The van der Waals surface area contributed by atoms with E-state index in [1.165, 1.54) is 7.11 Å². The standard InChI is InChI=1S/C8H17NO3/c1-6(5-11-3)9-7(2)8(10)12-4/h6-7,9H,5H2,1-4H3. The van der Waals surface area contributed by atoms with E-state index in [-0.39, 0.29) is 18.1 Å². The summed E-state index contributed by atoms with van der Waals surface area (Å²) in [6.07, 6.45) is 0. The van der Waals surface area contributed by atoms with Crippen LogP contribution in [0, 0.1) is 0 Å². The third-order valence-corrected chi connectivity index (χ3v) is 1.51. The number of hydrogen-bond donors (Lipinski definition) is 1. The first-order chi connectivity index (χ1) is 5.61. The van der Waals surface area contributed by atoms with E-state index < -0.39 is 0 Å². The van der Waals surface area contributed by atoms with E-state index in [0.717, 1.165) is 0 Å². The number of methoxy groups -OCH3 is 2. The Kier molecular flexibility index (Phi) is 5.66. The number of esters is 1. The number of ether oxygens (including phenoxy) is 2. The molecule has 0 bridgehead atoms. The summed E-state index contributed by atoms with van der Waals surface area (Å²) in [4.78, 5) is 10.9. The summed E-state index contributed by atoms with van der Waals surface area (Å²) < 4.78 is 9.45. The summed E-state index contributed by atoms with van der Waals surface area (Å²) >= 11 is 0. The Morgan fingerprint density at radius 3 is 2.42 bits per heavy atom. The summed E-state index contributed by atoms with van der Waals surface area (Å²) in [7, 11) is 3.00. The molecule has 0 heterocycles. The van der Waals surface area contributed by atoms with Crippen LogP contribution in [0.1, 0.15) is 13.8 Å². The normalized spacial score (nSPS) is 15.3. The molecule has 72 valence electrons. The fourth-order valence-electron chi connectivity index (χ4n) is 0.970. The van der Waals surface area contributed by atoms with Crippen molar-refractivity contribution in [1.82, 2.24) is 5.32 Å². The molecule has 0 rings (SSSR count). The molecule has 0 spiro atoms. The van der Waals surface area contributed by atoms with Gasteiger partial charge in [-0.3, -0.25) is 10.1 Å². The molecule has 12 heavy (non-hydrogen) atoms. The van der Waals surface area contributed by atoms with Crippen LogP contribution < -0.4 is 5.32 Å². The second-order valence-electron chi connectivity index (χ2n) is 2.77. The van der Waals surface area contributed by atoms with Crippen LogP contribution in [0.4, 0.5) is 0 Å². The maximum absolute atomic E-state index is 10.9. The molecule has 0 aromatic heterocycles. The predicted octanol–water partition coefficient (Wildman–Crippen LogP) is 0.172. The molecule has 0 aliphatic carbocycles. The highest BCUT2D eigenvalue weighted by Gasteiger charge is 2.14. The largest absolute Gasteiger partial charge is 0.468 e. The maximum atomic E-state index is 10.9. The molecular formula is C8H17NO3. The van der Waals surface area contributed by atoms with Crippen molar-refractivity contribution in [3.8, 4) is 0 Å². The summed E-state index contributed by atoms with van der Waals surface area (Å²) in [6.45, 7) is 4.29. The van der Waals surface area contributed by atoms with E-state index in [9.17, 15) is 4.79 Å². The van der Waals surface area contributed by atoms with Crippen LogP contribution in [0.25, 0.3) is 0 Å². The highest BCUT2D eigenvalue weighted by molar-refractivity contribution is 5.75. The molecule has 0 fully saturated rings. The molecule has 0 amide bonds. The number of nitrogens with one attached hydrogen (secondary N) is 1. The van der Waals surface area contributed by atoms with Crippen LogP contribution in [0.2, 0.25) is 0 Å². The van der Waals surface area contributed by atoms with Gasteiger partial charge in [0, 0.05) is 13.2 Å². The summed E-state index contributed by atoms with van der Waals surface area (Å²) in [5.74, 6) is -0.252. The van der Waals surface area contributed by atoms with Gasteiger partial charge in [0.2, 0.25) is 0 Å². The molecule has 0 aliphatic rings. The molecule has 1 N–H and O–H groups in total. The monoisotopic (exact) mass is 175 g/mol. The minimum atomic E-state index is -0.278. The van der Waals surface area contributed by atoms with Gasteiger partial charge in [0.05, 0.1) is 13.7 Å². The Bertz CT molecular complexity index is 138. The maximum Gasteiger partial charge on any atom is 0.322 e. The third-order valence-electron chi connectivity index (χ3n) is 1.51. The van der Waals surface area contributed by atoms with E-state index >= 15 is 0 Å². The summed E-state index contributed by atoms with van der Waals surface area (Å²) in [5, 5.41) is 3.03. The Labute approximate surface area is 73.2 Å². The van der Waals surface area contributed by atoms with Crippen LogP contribution in [0.15, 0.2) is 0 Å². The van der Waals surface area contributed by atoms with Crippen molar-refractivity contribution in [2.45, 2.75) is 25.9 Å².